The van der Waals surface area contributed by atoms with Crippen LogP contribution >= 0.6 is 0 Å². The SMILES string of the molecule is Cc1ccc(N=Nc2cccc(C)c2)nc1. The van der Waals surface area contributed by atoms with Gasteiger partial charge in [0, 0.05) is 6.20 Å². The number of azo groups is 1. The number of hydrogen-bond donors (Lipinski definition) is 0. The number of aromatic nitrogens is 1. The first kappa shape index (κ1) is 10.5. The molecule has 0 aliphatic heterocycles. The van der Waals surface area contributed by atoms with Gasteiger partial charge in [0.05, 0.1) is 5.69 Å². The maximum Gasteiger partial charge on any atom is 0.174 e. The van der Waals surface area contributed by atoms with Gasteiger partial charge in [-0.25, -0.2) is 4.98 Å². The van der Waals surface area contributed by atoms with Crippen LogP contribution < -0.4 is 0 Å². The standard InChI is InChI=1S/C13H13N3/c1-10-4-3-5-12(8-10)15-16-13-7-6-11(2)9-14-13/h3-9H,1-2H3. The van der Waals surface area contributed by atoms with E-state index in [1.54, 1.807) is 6.20 Å². The molecular formula is C13H13N3. The van der Waals surface area contributed by atoms with E-state index in [-0.39, 0.29) is 0 Å². The van der Waals surface area contributed by atoms with Crippen LogP contribution in [0.3, 0.4) is 0 Å². The predicted molar refractivity (Wildman–Crippen MR) is 64.3 cm³/mol. The lowest BCUT2D eigenvalue weighted by Gasteiger charge is -1.95. The molecule has 1 aromatic carbocycles. The molecule has 2 aromatic rings. The molecule has 0 bridgehead atoms. The van der Waals surface area contributed by atoms with Crippen molar-refractivity contribution in [2.24, 2.45) is 10.2 Å². The summed E-state index contributed by atoms with van der Waals surface area (Å²) >= 11 is 0. The van der Waals surface area contributed by atoms with Crippen LogP contribution in [0.15, 0.2) is 52.8 Å². The summed E-state index contributed by atoms with van der Waals surface area (Å²) in [6, 6.07) is 11.7. The van der Waals surface area contributed by atoms with E-state index in [0.29, 0.717) is 5.82 Å². The highest BCUT2D eigenvalue weighted by Gasteiger charge is 1.92. The van der Waals surface area contributed by atoms with Crippen molar-refractivity contribution in [1.29, 1.82) is 0 Å². The van der Waals surface area contributed by atoms with Gasteiger partial charge in [-0.05, 0) is 43.2 Å². The molecule has 0 N–H and O–H groups in total. The van der Waals surface area contributed by atoms with Gasteiger partial charge in [-0.3, -0.25) is 0 Å². The Labute approximate surface area is 94.9 Å². The zero-order valence-corrected chi connectivity index (χ0v) is 9.38. The molecule has 2 rings (SSSR count). The largest absolute Gasteiger partial charge is 0.235 e. The molecule has 3 nitrogen and oxygen atoms in total. The lowest BCUT2D eigenvalue weighted by molar-refractivity contribution is 1.14. The molecule has 0 atom stereocenters. The van der Waals surface area contributed by atoms with E-state index in [0.717, 1.165) is 11.3 Å². The molecule has 0 unspecified atom stereocenters. The summed E-state index contributed by atoms with van der Waals surface area (Å²) in [7, 11) is 0. The highest BCUT2D eigenvalue weighted by Crippen LogP contribution is 2.17. The fourth-order valence-corrected chi connectivity index (χ4v) is 1.32. The Balaban J connectivity index is 2.18. The van der Waals surface area contributed by atoms with Crippen molar-refractivity contribution in [2.75, 3.05) is 0 Å². The summed E-state index contributed by atoms with van der Waals surface area (Å²) in [5.74, 6) is 0.632. The summed E-state index contributed by atoms with van der Waals surface area (Å²) < 4.78 is 0. The molecule has 80 valence electrons. The van der Waals surface area contributed by atoms with Crippen LogP contribution in [0.25, 0.3) is 0 Å². The Morgan fingerprint density at radius 3 is 2.50 bits per heavy atom. The zero-order chi connectivity index (χ0) is 11.4. The molecule has 16 heavy (non-hydrogen) atoms. The quantitative estimate of drug-likeness (QED) is 0.688. The van der Waals surface area contributed by atoms with Crippen molar-refractivity contribution in [3.05, 3.63) is 53.7 Å². The number of nitrogens with zero attached hydrogens (tertiary/aromatic N) is 3. The van der Waals surface area contributed by atoms with Crippen molar-refractivity contribution < 1.29 is 0 Å². The molecule has 0 spiro atoms. The molecule has 1 heterocycles. The molecule has 0 fully saturated rings. The molecule has 0 amide bonds. The van der Waals surface area contributed by atoms with Crippen LogP contribution in [-0.4, -0.2) is 4.98 Å². The van der Waals surface area contributed by atoms with E-state index >= 15 is 0 Å². The summed E-state index contributed by atoms with van der Waals surface area (Å²) in [5, 5.41) is 8.20. The third-order valence-electron chi connectivity index (χ3n) is 2.17. The monoisotopic (exact) mass is 211 g/mol. The normalized spacial score (nSPS) is 10.9. The van der Waals surface area contributed by atoms with Gasteiger partial charge in [-0.2, -0.15) is 0 Å². The van der Waals surface area contributed by atoms with Crippen molar-refractivity contribution in [1.82, 2.24) is 4.98 Å². The molecule has 0 saturated carbocycles. The summed E-state index contributed by atoms with van der Waals surface area (Å²) in [5.41, 5.74) is 3.14. The van der Waals surface area contributed by atoms with Gasteiger partial charge in [0.1, 0.15) is 0 Å². The Morgan fingerprint density at radius 2 is 1.81 bits per heavy atom. The first-order valence-electron chi connectivity index (χ1n) is 5.15. The maximum absolute atomic E-state index is 4.16. The van der Waals surface area contributed by atoms with Gasteiger partial charge < -0.3 is 0 Å². The molecule has 1 aromatic heterocycles. The van der Waals surface area contributed by atoms with Gasteiger partial charge in [-0.15, -0.1) is 10.2 Å². The average molecular weight is 211 g/mol. The second-order valence-corrected chi connectivity index (χ2v) is 3.73. The first-order valence-corrected chi connectivity index (χ1v) is 5.15. The molecular weight excluding hydrogens is 198 g/mol. The van der Waals surface area contributed by atoms with Crippen molar-refractivity contribution in [3.63, 3.8) is 0 Å². The van der Waals surface area contributed by atoms with E-state index in [9.17, 15) is 0 Å². The van der Waals surface area contributed by atoms with Crippen LogP contribution in [0.2, 0.25) is 0 Å². The van der Waals surface area contributed by atoms with E-state index in [1.165, 1.54) is 5.56 Å². The van der Waals surface area contributed by atoms with E-state index < -0.39 is 0 Å². The maximum atomic E-state index is 4.16. The summed E-state index contributed by atoms with van der Waals surface area (Å²) in [6.07, 6.45) is 1.78. The number of rotatable bonds is 2. The lowest BCUT2D eigenvalue weighted by Crippen LogP contribution is -1.75. The van der Waals surface area contributed by atoms with Gasteiger partial charge in [0.15, 0.2) is 5.82 Å². The zero-order valence-electron chi connectivity index (χ0n) is 9.38. The average Bonchev–Trinajstić information content (AvgIpc) is 2.28. The molecule has 0 saturated heterocycles. The van der Waals surface area contributed by atoms with Gasteiger partial charge in [0.25, 0.3) is 0 Å². The van der Waals surface area contributed by atoms with E-state index in [2.05, 4.69) is 15.2 Å². The number of aryl methyl sites for hydroxylation is 2. The lowest BCUT2D eigenvalue weighted by atomic mass is 10.2. The Morgan fingerprint density at radius 1 is 0.938 bits per heavy atom. The van der Waals surface area contributed by atoms with Gasteiger partial charge >= 0.3 is 0 Å². The third-order valence-corrected chi connectivity index (χ3v) is 2.17. The Kier molecular flexibility index (Phi) is 3.05. The fraction of sp³-hybridized carbons (Fsp3) is 0.154. The molecule has 0 radical (unpaired) electrons. The second-order valence-electron chi connectivity index (χ2n) is 3.73. The molecule has 0 aliphatic carbocycles. The fourth-order valence-electron chi connectivity index (χ4n) is 1.32. The highest BCUT2D eigenvalue weighted by molar-refractivity contribution is 5.40. The summed E-state index contributed by atoms with van der Waals surface area (Å²) in [6.45, 7) is 4.03. The number of pyridine rings is 1. The van der Waals surface area contributed by atoms with Crippen LogP contribution in [0.5, 0.6) is 0 Å². The van der Waals surface area contributed by atoms with Crippen LogP contribution in [-0.2, 0) is 0 Å². The minimum absolute atomic E-state index is 0.632. The van der Waals surface area contributed by atoms with E-state index in [1.807, 2.05) is 50.2 Å². The van der Waals surface area contributed by atoms with Gasteiger partial charge in [0.2, 0.25) is 0 Å². The topological polar surface area (TPSA) is 37.6 Å². The third kappa shape index (κ3) is 2.73. The highest BCUT2D eigenvalue weighted by atomic mass is 15.1. The smallest absolute Gasteiger partial charge is 0.174 e. The Bertz CT molecular complexity index is 501. The van der Waals surface area contributed by atoms with Crippen molar-refractivity contribution in [2.45, 2.75) is 13.8 Å². The molecule has 3 heteroatoms. The number of hydrogen-bond acceptors (Lipinski definition) is 3. The van der Waals surface area contributed by atoms with E-state index in [4.69, 9.17) is 0 Å². The van der Waals surface area contributed by atoms with Gasteiger partial charge in [-0.1, -0.05) is 18.2 Å². The van der Waals surface area contributed by atoms with Crippen LogP contribution in [0, 0.1) is 13.8 Å². The van der Waals surface area contributed by atoms with Crippen LogP contribution in [0.4, 0.5) is 11.5 Å². The minimum Gasteiger partial charge on any atom is -0.235 e. The van der Waals surface area contributed by atoms with Crippen molar-refractivity contribution >= 4 is 11.5 Å². The summed E-state index contributed by atoms with van der Waals surface area (Å²) in [4.78, 5) is 4.16. The van der Waals surface area contributed by atoms with Crippen LogP contribution in [0.1, 0.15) is 11.1 Å². The predicted octanol–water partition coefficient (Wildman–Crippen LogP) is 4.11. The second kappa shape index (κ2) is 4.66. The molecule has 0 aliphatic rings. The Hall–Kier alpha value is -2.03. The number of benzene rings is 1. The minimum atomic E-state index is 0.632. The first-order chi connectivity index (χ1) is 7.74. The van der Waals surface area contributed by atoms with Crippen molar-refractivity contribution in [3.8, 4) is 0 Å².